The number of nitrogens with one attached hydrogen (secondary N) is 1. The summed E-state index contributed by atoms with van der Waals surface area (Å²) in [6, 6.07) is 0.135. The largest absolute Gasteiger partial charge is 0.481 e. The number of carboxylic acid groups (broad SMARTS) is 1. The number of hydrogen-bond acceptors (Lipinski definition) is 3. The molecule has 0 atom stereocenters. The first-order valence-electron chi connectivity index (χ1n) is 9.78. The van der Waals surface area contributed by atoms with Crippen LogP contribution in [0.4, 0.5) is 0 Å². The van der Waals surface area contributed by atoms with Gasteiger partial charge in [-0.2, -0.15) is 0 Å². The first kappa shape index (κ1) is 19.7. The number of amides is 2. The number of carboxylic acids is 1. The average Bonchev–Trinajstić information content (AvgIpc) is 2.63. The molecule has 0 bridgehead atoms. The van der Waals surface area contributed by atoms with E-state index in [0.717, 1.165) is 25.7 Å². The van der Waals surface area contributed by atoms with Gasteiger partial charge in [-0.1, -0.05) is 13.8 Å². The van der Waals surface area contributed by atoms with Crippen molar-refractivity contribution in [2.45, 2.75) is 71.3 Å². The molecule has 1 aliphatic heterocycles. The van der Waals surface area contributed by atoms with Crippen LogP contribution >= 0.6 is 0 Å². The average molecular weight is 352 g/mol. The van der Waals surface area contributed by atoms with Gasteiger partial charge in [-0.3, -0.25) is 14.4 Å². The van der Waals surface area contributed by atoms with Crippen molar-refractivity contribution in [2.24, 2.45) is 17.8 Å². The van der Waals surface area contributed by atoms with E-state index in [1.807, 2.05) is 4.90 Å². The number of carbonyl (C=O) groups excluding carboxylic acids is 2. The fraction of sp³-hybridized carbons (Fsp3) is 0.842. The molecule has 0 aromatic carbocycles. The molecule has 2 aliphatic rings. The number of rotatable bonds is 6. The van der Waals surface area contributed by atoms with Crippen molar-refractivity contribution in [1.82, 2.24) is 10.2 Å². The summed E-state index contributed by atoms with van der Waals surface area (Å²) in [6.45, 7) is 5.54. The minimum atomic E-state index is -0.742. The van der Waals surface area contributed by atoms with Crippen molar-refractivity contribution in [1.29, 1.82) is 0 Å². The Morgan fingerprint density at radius 1 is 0.960 bits per heavy atom. The molecule has 1 saturated carbocycles. The molecule has 2 amide bonds. The lowest BCUT2D eigenvalue weighted by molar-refractivity contribution is -0.144. The summed E-state index contributed by atoms with van der Waals surface area (Å²) in [7, 11) is 0. The Morgan fingerprint density at radius 3 is 1.96 bits per heavy atom. The fourth-order valence-electron chi connectivity index (χ4n) is 4.06. The molecule has 0 aromatic rings. The Labute approximate surface area is 150 Å². The predicted octanol–water partition coefficient (Wildman–Crippen LogP) is 2.42. The van der Waals surface area contributed by atoms with Crippen LogP contribution < -0.4 is 5.32 Å². The van der Waals surface area contributed by atoms with Gasteiger partial charge in [0.05, 0.1) is 5.92 Å². The summed E-state index contributed by atoms with van der Waals surface area (Å²) in [5.41, 5.74) is 0. The lowest BCUT2D eigenvalue weighted by Crippen LogP contribution is -2.49. The molecule has 25 heavy (non-hydrogen) atoms. The first-order valence-corrected chi connectivity index (χ1v) is 9.78. The maximum Gasteiger partial charge on any atom is 0.306 e. The van der Waals surface area contributed by atoms with Gasteiger partial charge < -0.3 is 15.3 Å². The van der Waals surface area contributed by atoms with E-state index in [9.17, 15) is 14.4 Å². The molecular weight excluding hydrogens is 320 g/mol. The van der Waals surface area contributed by atoms with Crippen LogP contribution in [0, 0.1) is 17.8 Å². The standard InChI is InChI=1S/C19H32N2O4/c1-3-13(4-2)18(23)21-11-9-16(10-12-21)20-17(22)14-5-7-15(8-6-14)19(24)25/h13-16H,3-12H2,1-2H3,(H,20,22)(H,24,25). The van der Waals surface area contributed by atoms with Gasteiger partial charge in [-0.15, -0.1) is 0 Å². The predicted molar refractivity (Wildman–Crippen MR) is 94.9 cm³/mol. The van der Waals surface area contributed by atoms with Crippen LogP contribution in [0.1, 0.15) is 65.2 Å². The Hall–Kier alpha value is -1.59. The van der Waals surface area contributed by atoms with Gasteiger partial charge in [0.1, 0.15) is 0 Å². The van der Waals surface area contributed by atoms with Gasteiger partial charge >= 0.3 is 5.97 Å². The molecule has 6 heteroatoms. The second kappa shape index (κ2) is 9.20. The summed E-state index contributed by atoms with van der Waals surface area (Å²) < 4.78 is 0. The Kier molecular flexibility index (Phi) is 7.26. The maximum absolute atomic E-state index is 12.4. The van der Waals surface area contributed by atoms with E-state index in [-0.39, 0.29) is 35.6 Å². The molecule has 2 fully saturated rings. The summed E-state index contributed by atoms with van der Waals surface area (Å²) in [6.07, 6.45) is 5.88. The fourth-order valence-corrected chi connectivity index (χ4v) is 4.06. The molecule has 6 nitrogen and oxygen atoms in total. The third kappa shape index (κ3) is 5.19. The van der Waals surface area contributed by atoms with Crippen molar-refractivity contribution < 1.29 is 19.5 Å². The minimum absolute atomic E-state index is 0.0557. The highest BCUT2D eigenvalue weighted by atomic mass is 16.4. The lowest BCUT2D eigenvalue weighted by Gasteiger charge is -2.35. The number of carbonyl (C=O) groups is 3. The van der Waals surface area contributed by atoms with Crippen molar-refractivity contribution in [3.05, 3.63) is 0 Å². The molecule has 0 aromatic heterocycles. The zero-order chi connectivity index (χ0) is 18.4. The van der Waals surface area contributed by atoms with Gasteiger partial charge in [0.15, 0.2) is 0 Å². The first-order chi connectivity index (χ1) is 12.0. The third-order valence-corrected chi connectivity index (χ3v) is 5.94. The van der Waals surface area contributed by atoms with Crippen LogP contribution in [-0.2, 0) is 14.4 Å². The van der Waals surface area contributed by atoms with Gasteiger partial charge in [-0.25, -0.2) is 0 Å². The van der Waals surface area contributed by atoms with E-state index < -0.39 is 5.97 Å². The SMILES string of the molecule is CCC(CC)C(=O)N1CCC(NC(=O)C2CCC(C(=O)O)CC2)CC1. The molecule has 0 spiro atoms. The van der Waals surface area contributed by atoms with E-state index in [1.165, 1.54) is 0 Å². The van der Waals surface area contributed by atoms with Crippen LogP contribution in [0.3, 0.4) is 0 Å². The second-order valence-electron chi connectivity index (χ2n) is 7.51. The molecule has 0 radical (unpaired) electrons. The van der Waals surface area contributed by atoms with Crippen molar-refractivity contribution >= 4 is 17.8 Å². The van der Waals surface area contributed by atoms with Gasteiger partial charge in [0, 0.05) is 31.0 Å². The normalized spacial score (nSPS) is 25.0. The monoisotopic (exact) mass is 352 g/mol. The van der Waals surface area contributed by atoms with Crippen LogP contribution in [0.15, 0.2) is 0 Å². The number of piperidine rings is 1. The van der Waals surface area contributed by atoms with E-state index >= 15 is 0 Å². The molecule has 2 N–H and O–H groups in total. The van der Waals surface area contributed by atoms with Crippen molar-refractivity contribution in [2.75, 3.05) is 13.1 Å². The van der Waals surface area contributed by atoms with Crippen LogP contribution in [0.25, 0.3) is 0 Å². The Bertz CT molecular complexity index is 474. The number of hydrogen-bond donors (Lipinski definition) is 2. The molecular formula is C19H32N2O4. The summed E-state index contributed by atoms with van der Waals surface area (Å²) >= 11 is 0. The number of aliphatic carboxylic acids is 1. The quantitative estimate of drug-likeness (QED) is 0.768. The third-order valence-electron chi connectivity index (χ3n) is 5.94. The Morgan fingerprint density at radius 2 is 1.48 bits per heavy atom. The molecule has 142 valence electrons. The smallest absolute Gasteiger partial charge is 0.306 e. The summed E-state index contributed by atoms with van der Waals surface area (Å²) in [5, 5.41) is 12.2. The zero-order valence-corrected chi connectivity index (χ0v) is 15.5. The van der Waals surface area contributed by atoms with E-state index in [1.54, 1.807) is 0 Å². The lowest BCUT2D eigenvalue weighted by atomic mass is 9.81. The van der Waals surface area contributed by atoms with Crippen molar-refractivity contribution in [3.63, 3.8) is 0 Å². The highest BCUT2D eigenvalue weighted by Gasteiger charge is 2.32. The Balaban J connectivity index is 1.74. The highest BCUT2D eigenvalue weighted by molar-refractivity contribution is 5.80. The van der Waals surface area contributed by atoms with E-state index in [2.05, 4.69) is 19.2 Å². The van der Waals surface area contributed by atoms with E-state index in [4.69, 9.17) is 5.11 Å². The zero-order valence-electron chi connectivity index (χ0n) is 15.5. The summed E-state index contributed by atoms with van der Waals surface area (Å²) in [4.78, 5) is 37.8. The number of likely N-dealkylation sites (tertiary alicyclic amines) is 1. The van der Waals surface area contributed by atoms with Crippen LogP contribution in [0.5, 0.6) is 0 Å². The molecule has 0 unspecified atom stereocenters. The van der Waals surface area contributed by atoms with E-state index in [0.29, 0.717) is 38.8 Å². The second-order valence-corrected chi connectivity index (χ2v) is 7.51. The molecule has 2 rings (SSSR count). The van der Waals surface area contributed by atoms with Gasteiger partial charge in [-0.05, 0) is 51.4 Å². The topological polar surface area (TPSA) is 86.7 Å². The van der Waals surface area contributed by atoms with Crippen LogP contribution in [-0.4, -0.2) is 46.9 Å². The number of nitrogens with zero attached hydrogens (tertiary/aromatic N) is 1. The maximum atomic E-state index is 12.4. The molecule has 1 aliphatic carbocycles. The van der Waals surface area contributed by atoms with Gasteiger partial charge in [0.2, 0.25) is 11.8 Å². The minimum Gasteiger partial charge on any atom is -0.481 e. The molecule has 1 heterocycles. The van der Waals surface area contributed by atoms with Gasteiger partial charge in [0.25, 0.3) is 0 Å². The highest BCUT2D eigenvalue weighted by Crippen LogP contribution is 2.29. The van der Waals surface area contributed by atoms with Crippen LogP contribution in [0.2, 0.25) is 0 Å². The molecule has 1 saturated heterocycles. The summed E-state index contributed by atoms with van der Waals surface area (Å²) in [5.74, 6) is -0.650. The van der Waals surface area contributed by atoms with Crippen molar-refractivity contribution in [3.8, 4) is 0 Å².